The molecule has 2 aromatic rings. The average Bonchev–Trinajstić information content (AvgIpc) is 2.74. The zero-order valence-corrected chi connectivity index (χ0v) is 11.2. The van der Waals surface area contributed by atoms with Gasteiger partial charge >= 0.3 is 0 Å². The van der Waals surface area contributed by atoms with Crippen LogP contribution in [0.1, 0.15) is 31.9 Å². The lowest BCUT2D eigenvalue weighted by atomic mass is 10.0. The first-order valence-electron chi connectivity index (χ1n) is 6.11. The minimum Gasteiger partial charge on any atom is -0.350 e. The minimum atomic E-state index is 1.21. The third-order valence-corrected chi connectivity index (χ3v) is 2.66. The van der Waals surface area contributed by atoms with Crippen molar-refractivity contribution < 1.29 is 0 Å². The number of hydrogen-bond acceptors (Lipinski definition) is 0. The molecule has 90 valence electrons. The number of allylic oxidation sites excluding steroid dienone is 1. The maximum absolute atomic E-state index is 3.90. The zero-order chi connectivity index (χ0) is 12.8. The Balaban J connectivity index is 0.000000686. The van der Waals surface area contributed by atoms with Crippen LogP contribution in [-0.4, -0.2) is 4.57 Å². The van der Waals surface area contributed by atoms with Crippen molar-refractivity contribution in [1.82, 2.24) is 4.57 Å². The fourth-order valence-electron chi connectivity index (χ4n) is 1.97. The fourth-order valence-corrected chi connectivity index (χ4v) is 1.97. The summed E-state index contributed by atoms with van der Waals surface area (Å²) in [6.45, 7) is 9.93. The molecule has 2 rings (SSSR count). The molecular formula is C16H21N. The topological polar surface area (TPSA) is 4.93 Å². The van der Waals surface area contributed by atoms with Gasteiger partial charge in [0.05, 0.1) is 5.52 Å². The van der Waals surface area contributed by atoms with Crippen molar-refractivity contribution in [2.75, 3.05) is 0 Å². The van der Waals surface area contributed by atoms with E-state index >= 15 is 0 Å². The van der Waals surface area contributed by atoms with E-state index in [0.717, 1.165) is 0 Å². The molecule has 0 N–H and O–H groups in total. The number of fused-ring (bicyclic) bond motifs is 1. The standard InChI is InChI=1S/C14H15N.C2H6/c1-4-6-11-7-8-12-9-10-15(3)14(12)13(11)5-2;1-2/h4-10H,2H2,1,3H3;1-2H3/b6-4-;. The second-order valence-electron chi connectivity index (χ2n) is 3.64. The van der Waals surface area contributed by atoms with Crippen LogP contribution in [0.4, 0.5) is 0 Å². The highest BCUT2D eigenvalue weighted by molar-refractivity contribution is 5.92. The van der Waals surface area contributed by atoms with E-state index in [9.17, 15) is 0 Å². The second kappa shape index (κ2) is 6.09. The van der Waals surface area contributed by atoms with E-state index in [1.807, 2.05) is 26.8 Å². The SMILES string of the molecule is C=Cc1c(/C=C\C)ccc2ccn(C)c12.CC. The molecule has 0 aliphatic carbocycles. The Morgan fingerprint density at radius 1 is 1.18 bits per heavy atom. The van der Waals surface area contributed by atoms with Crippen LogP contribution < -0.4 is 0 Å². The van der Waals surface area contributed by atoms with E-state index in [-0.39, 0.29) is 0 Å². The summed E-state index contributed by atoms with van der Waals surface area (Å²) < 4.78 is 2.14. The first-order chi connectivity index (χ1) is 8.27. The van der Waals surface area contributed by atoms with Gasteiger partial charge in [0.2, 0.25) is 0 Å². The summed E-state index contributed by atoms with van der Waals surface area (Å²) in [7, 11) is 2.06. The van der Waals surface area contributed by atoms with E-state index in [1.165, 1.54) is 22.0 Å². The van der Waals surface area contributed by atoms with Gasteiger partial charge in [-0.15, -0.1) is 0 Å². The summed E-state index contributed by atoms with van der Waals surface area (Å²) in [5.41, 5.74) is 3.68. The summed E-state index contributed by atoms with van der Waals surface area (Å²) in [5.74, 6) is 0. The molecule has 0 fully saturated rings. The third-order valence-electron chi connectivity index (χ3n) is 2.66. The number of aryl methyl sites for hydroxylation is 1. The van der Waals surface area contributed by atoms with E-state index in [4.69, 9.17) is 0 Å². The first-order valence-corrected chi connectivity index (χ1v) is 6.11. The number of nitrogens with zero attached hydrogens (tertiary/aromatic N) is 1. The lowest BCUT2D eigenvalue weighted by Gasteiger charge is -2.05. The van der Waals surface area contributed by atoms with Crippen LogP contribution in [-0.2, 0) is 7.05 Å². The molecule has 0 saturated heterocycles. The summed E-state index contributed by atoms with van der Waals surface area (Å²) >= 11 is 0. The smallest absolute Gasteiger partial charge is 0.0557 e. The van der Waals surface area contributed by atoms with Crippen LogP contribution in [0.3, 0.4) is 0 Å². The van der Waals surface area contributed by atoms with E-state index in [1.54, 1.807) is 0 Å². The maximum atomic E-state index is 3.90. The third kappa shape index (κ3) is 2.50. The van der Waals surface area contributed by atoms with Crippen molar-refractivity contribution in [3.8, 4) is 0 Å². The first kappa shape index (κ1) is 13.3. The Bertz CT molecular complexity index is 530. The van der Waals surface area contributed by atoms with Crippen LogP contribution in [0.2, 0.25) is 0 Å². The van der Waals surface area contributed by atoms with E-state index in [2.05, 4.69) is 54.7 Å². The van der Waals surface area contributed by atoms with Crippen molar-refractivity contribution >= 4 is 23.1 Å². The molecule has 1 heteroatoms. The molecule has 0 aliphatic heterocycles. The highest BCUT2D eigenvalue weighted by Gasteiger charge is 2.05. The summed E-state index contributed by atoms with van der Waals surface area (Å²) in [6.07, 6.45) is 8.18. The Kier molecular flexibility index (Phi) is 4.77. The highest BCUT2D eigenvalue weighted by atomic mass is 14.9. The lowest BCUT2D eigenvalue weighted by molar-refractivity contribution is 0.968. The van der Waals surface area contributed by atoms with Crippen molar-refractivity contribution in [2.24, 2.45) is 7.05 Å². The van der Waals surface area contributed by atoms with Crippen LogP contribution in [0.5, 0.6) is 0 Å². The largest absolute Gasteiger partial charge is 0.350 e. The molecule has 0 saturated carbocycles. The molecule has 0 unspecified atom stereocenters. The molecule has 0 amide bonds. The predicted molar refractivity (Wildman–Crippen MR) is 79.1 cm³/mol. The molecular weight excluding hydrogens is 206 g/mol. The molecule has 17 heavy (non-hydrogen) atoms. The molecule has 1 heterocycles. The summed E-state index contributed by atoms with van der Waals surface area (Å²) in [6, 6.07) is 6.42. The number of rotatable bonds is 2. The Labute approximate surface area is 104 Å². The monoisotopic (exact) mass is 227 g/mol. The van der Waals surface area contributed by atoms with Gasteiger partial charge in [0.15, 0.2) is 0 Å². The Morgan fingerprint density at radius 2 is 1.88 bits per heavy atom. The molecule has 1 aromatic carbocycles. The highest BCUT2D eigenvalue weighted by Crippen LogP contribution is 2.25. The van der Waals surface area contributed by atoms with Gasteiger partial charge in [0.1, 0.15) is 0 Å². The fraction of sp³-hybridized carbons (Fsp3) is 0.250. The average molecular weight is 227 g/mol. The van der Waals surface area contributed by atoms with Crippen molar-refractivity contribution in [2.45, 2.75) is 20.8 Å². The second-order valence-corrected chi connectivity index (χ2v) is 3.64. The normalized spacial score (nSPS) is 10.4. The van der Waals surface area contributed by atoms with Crippen LogP contribution >= 0.6 is 0 Å². The molecule has 1 aromatic heterocycles. The van der Waals surface area contributed by atoms with Gasteiger partial charge in [0.25, 0.3) is 0 Å². The molecule has 0 aliphatic rings. The van der Waals surface area contributed by atoms with Gasteiger partial charge in [-0.2, -0.15) is 0 Å². The van der Waals surface area contributed by atoms with E-state index in [0.29, 0.717) is 0 Å². The molecule has 0 atom stereocenters. The zero-order valence-electron chi connectivity index (χ0n) is 11.2. The Hall–Kier alpha value is -1.76. The van der Waals surface area contributed by atoms with Gasteiger partial charge in [-0.05, 0) is 18.6 Å². The van der Waals surface area contributed by atoms with Crippen LogP contribution in [0, 0.1) is 0 Å². The molecule has 0 bridgehead atoms. The number of benzene rings is 1. The molecule has 0 spiro atoms. The van der Waals surface area contributed by atoms with Gasteiger partial charge in [0, 0.05) is 24.2 Å². The van der Waals surface area contributed by atoms with Crippen LogP contribution in [0.25, 0.3) is 23.1 Å². The van der Waals surface area contributed by atoms with Crippen molar-refractivity contribution in [3.63, 3.8) is 0 Å². The van der Waals surface area contributed by atoms with Crippen molar-refractivity contribution in [3.05, 3.63) is 48.2 Å². The van der Waals surface area contributed by atoms with E-state index < -0.39 is 0 Å². The molecule has 0 radical (unpaired) electrons. The summed E-state index contributed by atoms with van der Waals surface area (Å²) in [5, 5.41) is 1.26. The van der Waals surface area contributed by atoms with Gasteiger partial charge in [-0.1, -0.05) is 50.8 Å². The number of hydrogen-bond donors (Lipinski definition) is 0. The van der Waals surface area contributed by atoms with Gasteiger partial charge in [-0.3, -0.25) is 0 Å². The van der Waals surface area contributed by atoms with Gasteiger partial charge < -0.3 is 4.57 Å². The summed E-state index contributed by atoms with van der Waals surface area (Å²) in [4.78, 5) is 0. The quantitative estimate of drug-likeness (QED) is 0.689. The molecule has 1 nitrogen and oxygen atoms in total. The predicted octanol–water partition coefficient (Wildman–Crippen LogP) is 4.88. The van der Waals surface area contributed by atoms with Gasteiger partial charge in [-0.25, -0.2) is 0 Å². The van der Waals surface area contributed by atoms with Crippen molar-refractivity contribution in [1.29, 1.82) is 0 Å². The Morgan fingerprint density at radius 3 is 2.47 bits per heavy atom. The van der Waals surface area contributed by atoms with Crippen LogP contribution in [0.15, 0.2) is 37.1 Å². The lowest BCUT2D eigenvalue weighted by Crippen LogP contribution is -1.90. The maximum Gasteiger partial charge on any atom is 0.0557 e. The number of aromatic nitrogens is 1. The minimum absolute atomic E-state index is 1.21.